The number of esters is 1. The van der Waals surface area contributed by atoms with E-state index in [1.807, 2.05) is 0 Å². The van der Waals surface area contributed by atoms with Crippen LogP contribution in [0.1, 0.15) is 18.9 Å². The van der Waals surface area contributed by atoms with E-state index in [9.17, 15) is 30.3 Å². The molecule has 2 fully saturated rings. The van der Waals surface area contributed by atoms with Gasteiger partial charge in [0.05, 0.1) is 38.1 Å². The van der Waals surface area contributed by atoms with Crippen LogP contribution in [0.5, 0.6) is 11.5 Å². The second-order valence-corrected chi connectivity index (χ2v) is 9.79. The molecule has 1 aliphatic carbocycles. The van der Waals surface area contributed by atoms with Crippen LogP contribution in [0, 0.1) is 11.8 Å². The number of aliphatic hydroxyl groups excluding tert-OH is 4. The van der Waals surface area contributed by atoms with Crippen LogP contribution >= 0.6 is 0 Å². The number of hydrogen-bond donors (Lipinski definition) is 5. The van der Waals surface area contributed by atoms with E-state index in [1.165, 1.54) is 32.6 Å². The normalized spacial score (nSPS) is 38.5. The van der Waals surface area contributed by atoms with Crippen molar-refractivity contribution in [2.75, 3.05) is 20.8 Å². The molecule has 12 heteroatoms. The number of hydrogen-bond acceptors (Lipinski definition) is 12. The van der Waals surface area contributed by atoms with Gasteiger partial charge in [0.25, 0.3) is 0 Å². The second-order valence-electron chi connectivity index (χ2n) is 9.79. The van der Waals surface area contributed by atoms with Crippen LogP contribution < -0.4 is 9.47 Å². The zero-order valence-corrected chi connectivity index (χ0v) is 21.2. The van der Waals surface area contributed by atoms with Crippen molar-refractivity contribution in [3.05, 3.63) is 42.2 Å². The van der Waals surface area contributed by atoms with Crippen LogP contribution in [0.3, 0.4) is 0 Å². The Bertz CT molecular complexity index is 1040. The monoisotopic (exact) mass is 538 g/mol. The highest BCUT2D eigenvalue weighted by molar-refractivity contribution is 5.87. The number of ether oxygens (including phenoxy) is 6. The van der Waals surface area contributed by atoms with Crippen LogP contribution in [0.2, 0.25) is 0 Å². The predicted molar refractivity (Wildman–Crippen MR) is 130 cm³/mol. The largest absolute Gasteiger partial charge is 0.493 e. The van der Waals surface area contributed by atoms with Gasteiger partial charge in [0.2, 0.25) is 6.29 Å². The van der Waals surface area contributed by atoms with Gasteiger partial charge in [0.15, 0.2) is 17.8 Å². The maximum absolute atomic E-state index is 12.3. The number of rotatable bonds is 8. The molecule has 10 atom stereocenters. The summed E-state index contributed by atoms with van der Waals surface area (Å²) in [5, 5.41) is 52.3. The van der Waals surface area contributed by atoms with E-state index in [4.69, 9.17) is 28.4 Å². The van der Waals surface area contributed by atoms with Gasteiger partial charge in [-0.3, -0.25) is 0 Å². The van der Waals surface area contributed by atoms with E-state index < -0.39 is 73.1 Å². The summed E-state index contributed by atoms with van der Waals surface area (Å²) in [4.78, 5) is 12.3. The van der Waals surface area contributed by atoms with Gasteiger partial charge in [-0.05, 0) is 36.8 Å². The van der Waals surface area contributed by atoms with Crippen molar-refractivity contribution >= 4 is 12.0 Å². The number of carbonyl (C=O) groups excluding carboxylic acids is 1. The highest BCUT2D eigenvalue weighted by Crippen LogP contribution is 2.46. The molecule has 0 radical (unpaired) electrons. The topological polar surface area (TPSA) is 174 Å². The molecule has 1 aromatic carbocycles. The van der Waals surface area contributed by atoms with Crippen LogP contribution in [0.15, 0.2) is 36.6 Å². The van der Waals surface area contributed by atoms with E-state index in [2.05, 4.69) is 0 Å². The second kappa shape index (κ2) is 11.6. The van der Waals surface area contributed by atoms with Gasteiger partial charge in [-0.1, -0.05) is 6.07 Å². The van der Waals surface area contributed by atoms with Crippen molar-refractivity contribution in [2.24, 2.45) is 11.8 Å². The van der Waals surface area contributed by atoms with Gasteiger partial charge in [-0.2, -0.15) is 0 Å². The fourth-order valence-corrected chi connectivity index (χ4v) is 5.12. The van der Waals surface area contributed by atoms with Crippen molar-refractivity contribution in [3.8, 4) is 11.5 Å². The Morgan fingerprint density at radius 3 is 2.53 bits per heavy atom. The van der Waals surface area contributed by atoms with E-state index in [0.29, 0.717) is 17.1 Å². The first-order valence-corrected chi connectivity index (χ1v) is 12.2. The number of carbonyl (C=O) groups is 1. The molecule has 2 heterocycles. The molecule has 0 spiro atoms. The number of benzene rings is 1. The first-order chi connectivity index (χ1) is 18.1. The van der Waals surface area contributed by atoms with Crippen LogP contribution in [0.25, 0.3) is 6.08 Å². The zero-order valence-electron chi connectivity index (χ0n) is 21.2. The Kier molecular flexibility index (Phi) is 8.62. The summed E-state index contributed by atoms with van der Waals surface area (Å²) in [6.07, 6.45) is -3.83. The minimum atomic E-state index is -1.68. The third-order valence-electron chi connectivity index (χ3n) is 7.15. The molecule has 38 heavy (non-hydrogen) atoms. The summed E-state index contributed by atoms with van der Waals surface area (Å²) in [6, 6.07) is 5.07. The molecular weight excluding hydrogens is 504 g/mol. The van der Waals surface area contributed by atoms with Crippen molar-refractivity contribution < 1.29 is 58.7 Å². The van der Waals surface area contributed by atoms with Crippen molar-refractivity contribution in [1.29, 1.82) is 0 Å². The summed E-state index contributed by atoms with van der Waals surface area (Å²) >= 11 is 0. The smallest absolute Gasteiger partial charge is 0.330 e. The fourth-order valence-electron chi connectivity index (χ4n) is 5.12. The van der Waals surface area contributed by atoms with E-state index in [-0.39, 0.29) is 6.42 Å². The summed E-state index contributed by atoms with van der Waals surface area (Å²) in [7, 11) is 3.00. The van der Waals surface area contributed by atoms with Crippen molar-refractivity contribution in [2.45, 2.75) is 62.0 Å². The maximum atomic E-state index is 12.3. The molecule has 1 saturated heterocycles. The predicted octanol–water partition coefficient (Wildman–Crippen LogP) is -0.298. The summed E-state index contributed by atoms with van der Waals surface area (Å²) in [5.41, 5.74) is -0.680. The van der Waals surface area contributed by atoms with Gasteiger partial charge >= 0.3 is 5.97 Å². The molecule has 12 nitrogen and oxygen atoms in total. The van der Waals surface area contributed by atoms with Crippen LogP contribution in [-0.2, 0) is 23.7 Å². The first-order valence-electron chi connectivity index (χ1n) is 12.2. The first kappa shape index (κ1) is 28.3. The number of fused-ring (bicyclic) bond motifs is 1. The van der Waals surface area contributed by atoms with Crippen molar-refractivity contribution in [1.82, 2.24) is 0 Å². The quantitative estimate of drug-likeness (QED) is 0.216. The molecule has 2 aliphatic heterocycles. The molecule has 0 bridgehead atoms. The molecule has 0 unspecified atom stereocenters. The van der Waals surface area contributed by atoms with Crippen molar-refractivity contribution in [3.63, 3.8) is 0 Å². The summed E-state index contributed by atoms with van der Waals surface area (Å²) in [6.45, 7) is 1.10. The Morgan fingerprint density at radius 1 is 1.08 bits per heavy atom. The molecule has 1 saturated carbocycles. The third kappa shape index (κ3) is 5.81. The molecule has 3 aliphatic rings. The van der Waals surface area contributed by atoms with Crippen LogP contribution in [-0.4, -0.2) is 101 Å². The number of methoxy groups -OCH3 is 2. The lowest BCUT2D eigenvalue weighted by atomic mass is 9.85. The maximum Gasteiger partial charge on any atom is 0.330 e. The summed E-state index contributed by atoms with van der Waals surface area (Å²) < 4.78 is 32.5. The molecule has 0 aromatic heterocycles. The fraction of sp³-hybridized carbons (Fsp3) is 0.577. The lowest BCUT2D eigenvalue weighted by Crippen LogP contribution is -2.61. The highest BCUT2D eigenvalue weighted by atomic mass is 16.8. The average Bonchev–Trinajstić information content (AvgIpc) is 3.15. The minimum absolute atomic E-state index is 0.0979. The van der Waals surface area contributed by atoms with Gasteiger partial charge in [-0.25, -0.2) is 4.79 Å². The van der Waals surface area contributed by atoms with Gasteiger partial charge in [0.1, 0.15) is 31.0 Å². The standard InChI is InChI=1S/C26H34O12/c1-26(32)11-15(27)14-8-9-35-24(20(14)26)38-25-23(31)22(30)21(29)18(37-25)12-36-19(28)7-5-13-4-6-16(33-2)17(10-13)34-3/h4-10,14-15,18,20-25,27,29-32H,11-12H2,1-3H3/b7-5+/t14-,15+,18-,20+,21-,22+,23-,24-,25+,26-/m1/s1. The Hall–Kier alpha value is -2.71. The third-order valence-corrected chi connectivity index (χ3v) is 7.15. The van der Waals surface area contributed by atoms with Gasteiger partial charge < -0.3 is 54.0 Å². The van der Waals surface area contributed by atoms with E-state index in [0.717, 1.165) is 0 Å². The van der Waals surface area contributed by atoms with Gasteiger partial charge in [0, 0.05) is 18.4 Å². The Balaban J connectivity index is 1.37. The summed E-state index contributed by atoms with van der Waals surface area (Å²) in [5.74, 6) is -0.855. The Labute approximate surface area is 219 Å². The SMILES string of the molecule is COc1ccc(/C=C/C(=O)OC[C@H]2O[C@@H](O[C@H]3OC=C[C@H]4[C@@H]3[C@](C)(O)C[C@@H]4O)[C@H](O)[C@@H](O)[C@@H]2O)cc1OC. The lowest BCUT2D eigenvalue weighted by Gasteiger charge is -2.43. The van der Waals surface area contributed by atoms with E-state index in [1.54, 1.807) is 31.2 Å². The lowest BCUT2D eigenvalue weighted by molar-refractivity contribution is -0.346. The molecular formula is C26H34O12. The molecule has 210 valence electrons. The van der Waals surface area contributed by atoms with Gasteiger partial charge in [-0.15, -0.1) is 0 Å². The van der Waals surface area contributed by atoms with E-state index >= 15 is 0 Å². The molecule has 4 rings (SSSR count). The minimum Gasteiger partial charge on any atom is -0.493 e. The number of aliphatic hydroxyl groups is 5. The van der Waals surface area contributed by atoms with Crippen LogP contribution in [0.4, 0.5) is 0 Å². The Morgan fingerprint density at radius 2 is 1.82 bits per heavy atom. The molecule has 5 N–H and O–H groups in total. The average molecular weight is 539 g/mol. The molecule has 0 amide bonds. The highest BCUT2D eigenvalue weighted by Gasteiger charge is 2.56. The molecule has 1 aromatic rings. The zero-order chi connectivity index (χ0) is 27.6.